The van der Waals surface area contributed by atoms with Crippen molar-refractivity contribution in [3.05, 3.63) is 101 Å². The summed E-state index contributed by atoms with van der Waals surface area (Å²) in [5, 5.41) is 31.8. The number of hydrogen-bond donors (Lipinski definition) is 3. The molecular formula is C32H34O3S. The second kappa shape index (κ2) is 10.3. The first-order valence-corrected chi connectivity index (χ1v) is 13.1. The van der Waals surface area contributed by atoms with Crippen LogP contribution in [0.4, 0.5) is 0 Å². The fourth-order valence-electron chi connectivity index (χ4n) is 4.53. The highest BCUT2D eigenvalue weighted by Gasteiger charge is 2.20. The van der Waals surface area contributed by atoms with E-state index >= 15 is 0 Å². The van der Waals surface area contributed by atoms with Gasteiger partial charge in [0, 0.05) is 27.3 Å². The Labute approximate surface area is 218 Å². The van der Waals surface area contributed by atoms with Gasteiger partial charge in [-0.1, -0.05) is 101 Å². The highest BCUT2D eigenvalue weighted by Crippen LogP contribution is 2.46. The first-order chi connectivity index (χ1) is 17.1. The summed E-state index contributed by atoms with van der Waals surface area (Å²) in [6.07, 6.45) is 0.457. The number of rotatable bonds is 6. The van der Waals surface area contributed by atoms with Crippen LogP contribution >= 0.6 is 11.8 Å². The summed E-state index contributed by atoms with van der Waals surface area (Å²) >= 11 is 1.71. The molecule has 0 unspecified atom stereocenters. The number of phenols is 3. The largest absolute Gasteiger partial charge is 0.504 e. The van der Waals surface area contributed by atoms with Crippen molar-refractivity contribution >= 4 is 11.8 Å². The van der Waals surface area contributed by atoms with Crippen molar-refractivity contribution in [3.63, 3.8) is 0 Å². The minimum atomic E-state index is -0.484. The topological polar surface area (TPSA) is 60.7 Å². The normalized spacial score (nSPS) is 11.7. The van der Waals surface area contributed by atoms with Gasteiger partial charge in [0.05, 0.1) is 0 Å². The van der Waals surface area contributed by atoms with E-state index in [-0.39, 0.29) is 16.9 Å². The summed E-state index contributed by atoms with van der Waals surface area (Å²) in [6.45, 7) is 10.9. The minimum absolute atomic E-state index is 0.0451. The molecule has 3 N–H and O–H groups in total. The van der Waals surface area contributed by atoms with Gasteiger partial charge >= 0.3 is 0 Å². The van der Waals surface area contributed by atoms with Crippen molar-refractivity contribution in [2.45, 2.75) is 62.2 Å². The standard InChI is InChI=1S/C32H34O3S/c1-20(2)25-11-7-6-10-22(25)18-23-19-26(30(34)31(35)29(23)33)21-14-16-24(17-15-21)36-28-13-9-8-12-27(28)32(3,4)5/h6-17,19-20,33-35H,18H2,1-5H3. The lowest BCUT2D eigenvalue weighted by molar-refractivity contribution is 0.366. The minimum Gasteiger partial charge on any atom is -0.504 e. The molecule has 0 fully saturated rings. The molecule has 4 heteroatoms. The zero-order valence-corrected chi connectivity index (χ0v) is 22.4. The van der Waals surface area contributed by atoms with Gasteiger partial charge < -0.3 is 15.3 Å². The van der Waals surface area contributed by atoms with E-state index in [1.807, 2.05) is 42.5 Å². The first-order valence-electron chi connectivity index (χ1n) is 12.3. The highest BCUT2D eigenvalue weighted by molar-refractivity contribution is 7.99. The van der Waals surface area contributed by atoms with Gasteiger partial charge in [-0.2, -0.15) is 0 Å². The molecular weight excluding hydrogens is 464 g/mol. The second-order valence-corrected chi connectivity index (χ2v) is 11.6. The molecule has 0 aliphatic heterocycles. The van der Waals surface area contributed by atoms with Crippen molar-refractivity contribution in [3.8, 4) is 28.4 Å². The number of phenolic OH excluding ortho intramolecular Hbond substituents is 3. The van der Waals surface area contributed by atoms with Crippen LogP contribution in [0.25, 0.3) is 11.1 Å². The van der Waals surface area contributed by atoms with Gasteiger partial charge in [-0.3, -0.25) is 0 Å². The second-order valence-electron chi connectivity index (χ2n) is 10.5. The zero-order valence-electron chi connectivity index (χ0n) is 21.5. The fraction of sp³-hybridized carbons (Fsp3) is 0.250. The molecule has 4 aromatic rings. The average Bonchev–Trinajstić information content (AvgIpc) is 2.85. The molecule has 4 aromatic carbocycles. The van der Waals surface area contributed by atoms with Crippen LogP contribution in [0.5, 0.6) is 17.2 Å². The molecule has 186 valence electrons. The Kier molecular flexibility index (Phi) is 7.37. The summed E-state index contributed by atoms with van der Waals surface area (Å²) in [4.78, 5) is 2.30. The molecule has 36 heavy (non-hydrogen) atoms. The average molecular weight is 499 g/mol. The van der Waals surface area contributed by atoms with E-state index in [4.69, 9.17) is 0 Å². The van der Waals surface area contributed by atoms with Crippen molar-refractivity contribution in [2.75, 3.05) is 0 Å². The van der Waals surface area contributed by atoms with Crippen LogP contribution in [0.3, 0.4) is 0 Å². The Bertz CT molecular complexity index is 1370. The number of aromatic hydroxyl groups is 3. The molecule has 0 radical (unpaired) electrons. The predicted octanol–water partition coefficient (Wildman–Crippen LogP) is 8.63. The summed E-state index contributed by atoms with van der Waals surface area (Å²) in [7, 11) is 0. The Hall–Kier alpha value is -3.37. The maximum Gasteiger partial charge on any atom is 0.201 e. The third kappa shape index (κ3) is 5.39. The van der Waals surface area contributed by atoms with Gasteiger partial charge in [-0.05, 0) is 57.9 Å². The molecule has 0 amide bonds. The van der Waals surface area contributed by atoms with Gasteiger partial charge in [0.25, 0.3) is 0 Å². The Morgan fingerprint density at radius 3 is 2.03 bits per heavy atom. The quantitative estimate of drug-likeness (QED) is 0.233. The van der Waals surface area contributed by atoms with Crippen LogP contribution in [0.1, 0.15) is 62.8 Å². The third-order valence-electron chi connectivity index (χ3n) is 6.47. The maximum atomic E-state index is 10.7. The van der Waals surface area contributed by atoms with E-state index in [2.05, 4.69) is 65.0 Å². The monoisotopic (exact) mass is 498 g/mol. The SMILES string of the molecule is CC(C)c1ccccc1Cc1cc(-c2ccc(Sc3ccccc3C(C)(C)C)cc2)c(O)c(O)c1O. The van der Waals surface area contributed by atoms with Gasteiger partial charge in [0.1, 0.15) is 0 Å². The molecule has 0 saturated carbocycles. The smallest absolute Gasteiger partial charge is 0.201 e. The Morgan fingerprint density at radius 2 is 1.36 bits per heavy atom. The number of hydrogen-bond acceptors (Lipinski definition) is 4. The maximum absolute atomic E-state index is 10.7. The van der Waals surface area contributed by atoms with Gasteiger partial charge in [0.2, 0.25) is 5.75 Å². The van der Waals surface area contributed by atoms with E-state index in [9.17, 15) is 15.3 Å². The molecule has 4 rings (SSSR count). The Balaban J connectivity index is 1.66. The van der Waals surface area contributed by atoms with Crippen molar-refractivity contribution in [2.24, 2.45) is 0 Å². The Morgan fingerprint density at radius 1 is 0.722 bits per heavy atom. The van der Waals surface area contributed by atoms with Crippen molar-refractivity contribution in [1.82, 2.24) is 0 Å². The van der Waals surface area contributed by atoms with Crippen molar-refractivity contribution in [1.29, 1.82) is 0 Å². The number of benzene rings is 4. The molecule has 0 spiro atoms. The van der Waals surface area contributed by atoms with E-state index in [1.54, 1.807) is 17.8 Å². The fourth-order valence-corrected chi connectivity index (χ4v) is 5.68. The molecule has 0 saturated heterocycles. The molecule has 0 bridgehead atoms. The summed E-state index contributed by atoms with van der Waals surface area (Å²) in [6, 6.07) is 26.3. The summed E-state index contributed by atoms with van der Waals surface area (Å²) in [5.41, 5.74) is 5.47. The van der Waals surface area contributed by atoms with E-state index in [1.165, 1.54) is 16.0 Å². The predicted molar refractivity (Wildman–Crippen MR) is 149 cm³/mol. The first kappa shape index (κ1) is 25.7. The lowest BCUT2D eigenvalue weighted by Gasteiger charge is -2.22. The van der Waals surface area contributed by atoms with E-state index < -0.39 is 5.75 Å². The van der Waals surface area contributed by atoms with Crippen LogP contribution < -0.4 is 0 Å². The summed E-state index contributed by atoms with van der Waals surface area (Å²) in [5.74, 6) is -0.739. The molecule has 0 atom stereocenters. The van der Waals surface area contributed by atoms with Crippen LogP contribution in [-0.2, 0) is 11.8 Å². The van der Waals surface area contributed by atoms with Gasteiger partial charge in [0.15, 0.2) is 11.5 Å². The van der Waals surface area contributed by atoms with Crippen molar-refractivity contribution < 1.29 is 15.3 Å². The zero-order chi connectivity index (χ0) is 26.0. The lowest BCUT2D eigenvalue weighted by Crippen LogP contribution is -2.12. The van der Waals surface area contributed by atoms with Crippen LogP contribution in [0.15, 0.2) is 88.7 Å². The van der Waals surface area contributed by atoms with Crippen LogP contribution in [0.2, 0.25) is 0 Å². The molecule has 0 aliphatic carbocycles. The molecule has 3 nitrogen and oxygen atoms in total. The highest BCUT2D eigenvalue weighted by atomic mass is 32.2. The van der Waals surface area contributed by atoms with Gasteiger partial charge in [-0.15, -0.1) is 0 Å². The van der Waals surface area contributed by atoms with Crippen LogP contribution in [-0.4, -0.2) is 15.3 Å². The van der Waals surface area contributed by atoms with E-state index in [0.29, 0.717) is 23.5 Å². The lowest BCUT2D eigenvalue weighted by atomic mass is 9.87. The molecule has 0 aliphatic rings. The van der Waals surface area contributed by atoms with Crippen LogP contribution in [0, 0.1) is 0 Å². The van der Waals surface area contributed by atoms with E-state index in [0.717, 1.165) is 16.0 Å². The van der Waals surface area contributed by atoms with Gasteiger partial charge in [-0.25, -0.2) is 0 Å². The summed E-state index contributed by atoms with van der Waals surface area (Å²) < 4.78 is 0. The molecule has 0 heterocycles. The third-order valence-corrected chi connectivity index (χ3v) is 7.56. The molecule has 0 aromatic heterocycles.